The number of hydrogen-bond acceptors (Lipinski definition) is 7. The molecular formula is C20H19F2N7OS. The van der Waals surface area contributed by atoms with Crippen molar-refractivity contribution in [2.45, 2.75) is 25.7 Å². The van der Waals surface area contributed by atoms with Gasteiger partial charge in [-0.25, -0.2) is 18.3 Å². The van der Waals surface area contributed by atoms with Crippen molar-refractivity contribution < 1.29 is 13.6 Å². The molecule has 1 aliphatic heterocycles. The number of thiazole rings is 1. The van der Waals surface area contributed by atoms with Crippen LogP contribution in [0.1, 0.15) is 41.0 Å². The maximum Gasteiger partial charge on any atom is 0.281 e. The number of hydrogen-bond donors (Lipinski definition) is 0. The van der Waals surface area contributed by atoms with Gasteiger partial charge in [0.15, 0.2) is 11.4 Å². The highest BCUT2D eigenvalue weighted by Crippen LogP contribution is 2.31. The fourth-order valence-corrected chi connectivity index (χ4v) is 4.60. The molecule has 31 heavy (non-hydrogen) atoms. The zero-order chi connectivity index (χ0) is 21.5. The molecule has 0 amide bonds. The summed E-state index contributed by atoms with van der Waals surface area (Å²) in [5, 5.41) is 10.3. The largest absolute Gasteiger partial charge is 0.340 e. The fraction of sp³-hybridized carbons (Fsp3) is 0.350. The van der Waals surface area contributed by atoms with Gasteiger partial charge in [-0.2, -0.15) is 10.1 Å². The number of pyridine rings is 1. The van der Waals surface area contributed by atoms with Gasteiger partial charge in [0, 0.05) is 38.1 Å². The first kappa shape index (κ1) is 19.7. The standard InChI is InChI=1S/C20H19F2N7OS/c1-27-17(13(10-23-27)19-24-14(11-31-19)18(21)22)15(30)8-12-4-7-29-16(9-12)25-20(26-29)28-5-2-3-6-28/h4,7,9-11,18H,2-3,5-6,8H2,1H3. The van der Waals surface area contributed by atoms with Crippen LogP contribution in [0, 0.1) is 0 Å². The fourth-order valence-electron chi connectivity index (χ4n) is 3.78. The zero-order valence-electron chi connectivity index (χ0n) is 16.7. The molecule has 0 aliphatic carbocycles. The van der Waals surface area contributed by atoms with E-state index in [1.165, 1.54) is 16.3 Å². The van der Waals surface area contributed by atoms with Crippen molar-refractivity contribution in [3.05, 3.63) is 46.9 Å². The van der Waals surface area contributed by atoms with E-state index >= 15 is 0 Å². The van der Waals surface area contributed by atoms with Gasteiger partial charge < -0.3 is 4.90 Å². The van der Waals surface area contributed by atoms with Crippen molar-refractivity contribution in [1.29, 1.82) is 0 Å². The Morgan fingerprint density at radius 1 is 1.26 bits per heavy atom. The maximum atomic E-state index is 13.1. The highest BCUT2D eigenvalue weighted by atomic mass is 32.1. The second-order valence-electron chi connectivity index (χ2n) is 7.45. The lowest BCUT2D eigenvalue weighted by Gasteiger charge is -2.10. The molecule has 0 atom stereocenters. The predicted molar refractivity (Wildman–Crippen MR) is 112 cm³/mol. The van der Waals surface area contributed by atoms with Crippen LogP contribution in [0.2, 0.25) is 0 Å². The van der Waals surface area contributed by atoms with E-state index in [0.29, 0.717) is 27.9 Å². The molecule has 4 aromatic heterocycles. The molecule has 0 N–H and O–H groups in total. The lowest BCUT2D eigenvalue weighted by atomic mass is 10.1. The second-order valence-corrected chi connectivity index (χ2v) is 8.31. The van der Waals surface area contributed by atoms with Crippen LogP contribution in [0.15, 0.2) is 29.9 Å². The third-order valence-corrected chi connectivity index (χ3v) is 6.22. The lowest BCUT2D eigenvalue weighted by Crippen LogP contribution is -2.19. The topological polar surface area (TPSA) is 81.2 Å². The number of halogens is 2. The Labute approximate surface area is 180 Å². The van der Waals surface area contributed by atoms with E-state index in [1.807, 2.05) is 12.1 Å². The van der Waals surface area contributed by atoms with E-state index in [1.54, 1.807) is 17.8 Å². The molecule has 0 aromatic carbocycles. The van der Waals surface area contributed by atoms with Gasteiger partial charge in [0.05, 0.1) is 11.8 Å². The number of carbonyl (C=O) groups excluding carboxylic acids is 1. The van der Waals surface area contributed by atoms with Gasteiger partial charge >= 0.3 is 0 Å². The first-order chi connectivity index (χ1) is 15.0. The number of alkyl halides is 2. The smallest absolute Gasteiger partial charge is 0.281 e. The average molecular weight is 443 g/mol. The number of rotatable bonds is 6. The molecule has 4 aromatic rings. The number of nitrogens with zero attached hydrogens (tertiary/aromatic N) is 7. The Morgan fingerprint density at radius 2 is 2.06 bits per heavy atom. The van der Waals surface area contributed by atoms with Crippen LogP contribution in [0.5, 0.6) is 0 Å². The highest BCUT2D eigenvalue weighted by molar-refractivity contribution is 7.13. The van der Waals surface area contributed by atoms with Crippen LogP contribution in [0.25, 0.3) is 16.2 Å². The summed E-state index contributed by atoms with van der Waals surface area (Å²) in [6, 6.07) is 3.68. The van der Waals surface area contributed by atoms with Crippen LogP contribution in [0.3, 0.4) is 0 Å². The first-order valence-electron chi connectivity index (χ1n) is 9.89. The molecule has 0 unspecified atom stereocenters. The minimum absolute atomic E-state index is 0.127. The summed E-state index contributed by atoms with van der Waals surface area (Å²) in [5.41, 5.74) is 1.98. The quantitative estimate of drug-likeness (QED) is 0.424. The Morgan fingerprint density at radius 3 is 2.81 bits per heavy atom. The number of aromatic nitrogens is 6. The molecule has 1 fully saturated rings. The summed E-state index contributed by atoms with van der Waals surface area (Å²) < 4.78 is 29.0. The Kier molecular flexibility index (Phi) is 4.97. The number of carbonyl (C=O) groups is 1. The van der Waals surface area contributed by atoms with E-state index in [0.717, 1.165) is 42.8 Å². The van der Waals surface area contributed by atoms with Crippen molar-refractivity contribution >= 4 is 28.7 Å². The number of anilines is 1. The van der Waals surface area contributed by atoms with Crippen molar-refractivity contribution in [1.82, 2.24) is 29.4 Å². The zero-order valence-corrected chi connectivity index (χ0v) is 17.5. The molecule has 0 radical (unpaired) electrons. The third kappa shape index (κ3) is 3.69. The van der Waals surface area contributed by atoms with Crippen molar-refractivity contribution in [3.63, 3.8) is 0 Å². The Bertz CT molecular complexity index is 1260. The van der Waals surface area contributed by atoms with E-state index in [2.05, 4.69) is 25.1 Å². The van der Waals surface area contributed by atoms with E-state index in [-0.39, 0.29) is 17.9 Å². The molecule has 1 aliphatic rings. The SMILES string of the molecule is Cn1ncc(-c2nc(C(F)F)cs2)c1C(=O)Cc1ccn2nc(N3CCCC3)nc2c1. The molecule has 1 saturated heterocycles. The lowest BCUT2D eigenvalue weighted by molar-refractivity contribution is 0.0984. The molecule has 5 heterocycles. The number of Topliss-reactive ketones (excluding diaryl/α,β-unsaturated/α-hetero) is 1. The summed E-state index contributed by atoms with van der Waals surface area (Å²) in [6.45, 7) is 1.91. The molecule has 0 spiro atoms. The van der Waals surface area contributed by atoms with Crippen LogP contribution in [-0.4, -0.2) is 48.2 Å². The van der Waals surface area contributed by atoms with Gasteiger partial charge in [0.1, 0.15) is 16.4 Å². The molecule has 8 nitrogen and oxygen atoms in total. The molecule has 5 rings (SSSR count). The van der Waals surface area contributed by atoms with Crippen molar-refractivity contribution in [2.24, 2.45) is 7.05 Å². The summed E-state index contributed by atoms with van der Waals surface area (Å²) in [6.07, 6.45) is 3.04. The van der Waals surface area contributed by atoms with E-state index in [4.69, 9.17) is 0 Å². The average Bonchev–Trinajstić information content (AvgIpc) is 3.51. The molecule has 160 valence electrons. The van der Waals surface area contributed by atoms with Gasteiger partial charge in [0.25, 0.3) is 6.43 Å². The first-order valence-corrected chi connectivity index (χ1v) is 10.8. The molecule has 0 bridgehead atoms. The summed E-state index contributed by atoms with van der Waals surface area (Å²) >= 11 is 1.08. The van der Waals surface area contributed by atoms with Crippen LogP contribution in [0.4, 0.5) is 14.7 Å². The van der Waals surface area contributed by atoms with Gasteiger partial charge in [-0.3, -0.25) is 9.48 Å². The maximum absolute atomic E-state index is 13.1. The molecular weight excluding hydrogens is 424 g/mol. The molecule has 11 heteroatoms. The van der Waals surface area contributed by atoms with Gasteiger partial charge in [-0.05, 0) is 30.5 Å². The van der Waals surface area contributed by atoms with Gasteiger partial charge in [0.2, 0.25) is 5.95 Å². The van der Waals surface area contributed by atoms with Crippen molar-refractivity contribution in [3.8, 4) is 10.6 Å². The summed E-state index contributed by atoms with van der Waals surface area (Å²) in [7, 11) is 1.66. The van der Waals surface area contributed by atoms with Crippen molar-refractivity contribution in [2.75, 3.05) is 18.0 Å². The minimum Gasteiger partial charge on any atom is -0.340 e. The minimum atomic E-state index is -2.65. The van der Waals surface area contributed by atoms with Crippen LogP contribution < -0.4 is 4.90 Å². The Balaban J connectivity index is 1.41. The number of aryl methyl sites for hydroxylation is 1. The number of fused-ring (bicyclic) bond motifs is 1. The third-order valence-electron chi connectivity index (χ3n) is 5.32. The summed E-state index contributed by atoms with van der Waals surface area (Å²) in [4.78, 5) is 23.8. The normalized spacial score (nSPS) is 14.3. The Hall–Kier alpha value is -3.21. The van der Waals surface area contributed by atoms with Gasteiger partial charge in [-0.15, -0.1) is 16.4 Å². The van der Waals surface area contributed by atoms with Gasteiger partial charge in [-0.1, -0.05) is 0 Å². The van der Waals surface area contributed by atoms with Crippen LogP contribution in [-0.2, 0) is 13.5 Å². The van der Waals surface area contributed by atoms with Crippen LogP contribution >= 0.6 is 11.3 Å². The molecule has 0 saturated carbocycles. The van der Waals surface area contributed by atoms with E-state index < -0.39 is 6.43 Å². The second kappa shape index (κ2) is 7.80. The predicted octanol–water partition coefficient (Wildman–Crippen LogP) is 3.55. The summed E-state index contributed by atoms with van der Waals surface area (Å²) in [5.74, 6) is 0.529. The number of ketones is 1. The highest BCUT2D eigenvalue weighted by Gasteiger charge is 2.23. The van der Waals surface area contributed by atoms with E-state index in [9.17, 15) is 13.6 Å². The monoisotopic (exact) mass is 443 g/mol.